The molecule has 0 saturated carbocycles. The number of anilines is 1. The van der Waals surface area contributed by atoms with E-state index in [9.17, 15) is 14.4 Å². The summed E-state index contributed by atoms with van der Waals surface area (Å²) in [6.45, 7) is 4.72. The van der Waals surface area contributed by atoms with Crippen LogP contribution < -0.4 is 10.2 Å². The van der Waals surface area contributed by atoms with Gasteiger partial charge in [-0.25, -0.2) is 0 Å². The summed E-state index contributed by atoms with van der Waals surface area (Å²) < 4.78 is 0. The van der Waals surface area contributed by atoms with E-state index in [1.807, 2.05) is 26.0 Å². The average Bonchev–Trinajstić information content (AvgIpc) is 3.13. The van der Waals surface area contributed by atoms with E-state index in [1.165, 1.54) is 0 Å². The van der Waals surface area contributed by atoms with E-state index in [-0.39, 0.29) is 23.8 Å². The third-order valence-electron chi connectivity index (χ3n) is 5.42. The van der Waals surface area contributed by atoms with Crippen LogP contribution in [0.25, 0.3) is 0 Å². The van der Waals surface area contributed by atoms with Crippen LogP contribution in [-0.4, -0.2) is 42.3 Å². The zero-order valence-electron chi connectivity index (χ0n) is 17.4. The third kappa shape index (κ3) is 4.82. The Morgan fingerprint density at radius 1 is 1.13 bits per heavy atom. The molecule has 7 heteroatoms. The smallest absolute Gasteiger partial charge is 0.253 e. The maximum absolute atomic E-state index is 12.7. The molecule has 0 aromatic heterocycles. The fourth-order valence-electron chi connectivity index (χ4n) is 3.32. The maximum atomic E-state index is 12.7. The van der Waals surface area contributed by atoms with Gasteiger partial charge in [-0.1, -0.05) is 23.7 Å². The number of hydrogen-bond acceptors (Lipinski definition) is 3. The van der Waals surface area contributed by atoms with E-state index in [2.05, 4.69) is 5.32 Å². The number of nitrogens with one attached hydrogen (secondary N) is 1. The second kappa shape index (κ2) is 9.30. The lowest BCUT2D eigenvalue weighted by molar-refractivity contribution is -0.132. The van der Waals surface area contributed by atoms with Gasteiger partial charge in [0, 0.05) is 42.5 Å². The first-order valence-corrected chi connectivity index (χ1v) is 10.4. The lowest BCUT2D eigenvalue weighted by Crippen LogP contribution is -2.36. The van der Waals surface area contributed by atoms with Crippen molar-refractivity contribution in [2.45, 2.75) is 32.9 Å². The Hall–Kier alpha value is -2.86. The highest BCUT2D eigenvalue weighted by Gasteiger charge is 2.37. The molecule has 1 heterocycles. The van der Waals surface area contributed by atoms with Crippen LogP contribution in [0, 0.1) is 5.92 Å². The first-order chi connectivity index (χ1) is 14.3. The van der Waals surface area contributed by atoms with E-state index < -0.39 is 5.92 Å². The minimum absolute atomic E-state index is 0.0422. The number of nitrogens with zero attached hydrogens (tertiary/aromatic N) is 2. The van der Waals surface area contributed by atoms with Gasteiger partial charge in [0.1, 0.15) is 5.92 Å². The lowest BCUT2D eigenvalue weighted by Gasteiger charge is -2.21. The molecule has 6 nitrogen and oxygen atoms in total. The molecule has 30 heavy (non-hydrogen) atoms. The highest BCUT2D eigenvalue weighted by molar-refractivity contribution is 6.30. The number of carbonyl (C=O) groups is 3. The van der Waals surface area contributed by atoms with Gasteiger partial charge >= 0.3 is 0 Å². The van der Waals surface area contributed by atoms with Crippen LogP contribution in [0.15, 0.2) is 48.5 Å². The van der Waals surface area contributed by atoms with Crippen molar-refractivity contribution in [3.05, 3.63) is 64.7 Å². The van der Waals surface area contributed by atoms with Gasteiger partial charge in [0.15, 0.2) is 0 Å². The molecule has 2 aromatic carbocycles. The van der Waals surface area contributed by atoms with Gasteiger partial charge in [-0.05, 0) is 62.2 Å². The van der Waals surface area contributed by atoms with Crippen molar-refractivity contribution in [3.8, 4) is 0 Å². The number of benzene rings is 2. The minimum Gasteiger partial charge on any atom is -0.351 e. The topological polar surface area (TPSA) is 69.7 Å². The van der Waals surface area contributed by atoms with Gasteiger partial charge < -0.3 is 15.1 Å². The molecule has 2 aromatic rings. The molecule has 0 radical (unpaired) electrons. The zero-order valence-corrected chi connectivity index (χ0v) is 18.1. The highest BCUT2D eigenvalue weighted by Crippen LogP contribution is 2.26. The Labute approximate surface area is 181 Å². The molecular weight excluding hydrogens is 402 g/mol. The summed E-state index contributed by atoms with van der Waals surface area (Å²) in [4.78, 5) is 40.9. The van der Waals surface area contributed by atoms with E-state index in [0.29, 0.717) is 30.1 Å². The fourth-order valence-corrected chi connectivity index (χ4v) is 3.44. The molecule has 3 rings (SSSR count). The first kappa shape index (κ1) is 21.8. The molecule has 1 aliphatic heterocycles. The largest absolute Gasteiger partial charge is 0.351 e. The molecule has 0 spiro atoms. The molecule has 3 amide bonds. The van der Waals surface area contributed by atoms with Crippen LogP contribution in [-0.2, 0) is 16.1 Å². The molecule has 1 atom stereocenters. The first-order valence-electron chi connectivity index (χ1n) is 9.98. The second-order valence-corrected chi connectivity index (χ2v) is 8.17. The molecule has 1 aliphatic rings. The average molecular weight is 428 g/mol. The number of halogens is 1. The van der Waals surface area contributed by atoms with Crippen molar-refractivity contribution in [1.29, 1.82) is 0 Å². The van der Waals surface area contributed by atoms with Crippen molar-refractivity contribution in [1.82, 2.24) is 10.2 Å². The molecule has 1 fully saturated rings. The normalized spacial score (nSPS) is 16.1. The Morgan fingerprint density at radius 2 is 1.77 bits per heavy atom. The van der Waals surface area contributed by atoms with E-state index in [1.54, 1.807) is 53.2 Å². The van der Waals surface area contributed by atoms with Gasteiger partial charge in [-0.15, -0.1) is 0 Å². The van der Waals surface area contributed by atoms with E-state index >= 15 is 0 Å². The molecule has 0 aliphatic carbocycles. The Morgan fingerprint density at radius 3 is 2.37 bits per heavy atom. The summed E-state index contributed by atoms with van der Waals surface area (Å²) in [7, 11) is 1.77. The van der Waals surface area contributed by atoms with Crippen LogP contribution in [0.1, 0.15) is 36.2 Å². The van der Waals surface area contributed by atoms with Crippen molar-refractivity contribution in [3.63, 3.8) is 0 Å². The van der Waals surface area contributed by atoms with Gasteiger partial charge in [-0.2, -0.15) is 0 Å². The summed E-state index contributed by atoms with van der Waals surface area (Å²) in [6, 6.07) is 14.3. The Bertz CT molecular complexity index is 926. The van der Waals surface area contributed by atoms with Crippen molar-refractivity contribution in [2.24, 2.45) is 5.92 Å². The number of amides is 3. The Balaban J connectivity index is 1.56. The SMILES string of the molecule is CC(C)N(C)C(=O)c1ccc(CNC(=O)C2CCN(c3ccc(Cl)cc3)C2=O)cc1. The zero-order chi connectivity index (χ0) is 21.8. The van der Waals surface area contributed by atoms with Crippen molar-refractivity contribution < 1.29 is 14.4 Å². The molecule has 0 bridgehead atoms. The van der Waals surface area contributed by atoms with Crippen LogP contribution in [0.4, 0.5) is 5.69 Å². The number of carbonyl (C=O) groups excluding carboxylic acids is 3. The summed E-state index contributed by atoms with van der Waals surface area (Å²) in [6.07, 6.45) is 0.474. The van der Waals surface area contributed by atoms with E-state index in [0.717, 1.165) is 11.3 Å². The van der Waals surface area contributed by atoms with Crippen LogP contribution in [0.2, 0.25) is 5.02 Å². The maximum Gasteiger partial charge on any atom is 0.253 e. The van der Waals surface area contributed by atoms with E-state index in [4.69, 9.17) is 11.6 Å². The highest BCUT2D eigenvalue weighted by atomic mass is 35.5. The monoisotopic (exact) mass is 427 g/mol. The number of rotatable bonds is 6. The van der Waals surface area contributed by atoms with Crippen LogP contribution in [0.5, 0.6) is 0 Å². The Kier molecular flexibility index (Phi) is 6.77. The van der Waals surface area contributed by atoms with Gasteiger partial charge in [0.25, 0.3) is 5.91 Å². The third-order valence-corrected chi connectivity index (χ3v) is 5.67. The van der Waals surface area contributed by atoms with Gasteiger partial charge in [-0.3, -0.25) is 14.4 Å². The molecular formula is C23H26ClN3O3. The number of hydrogen-bond donors (Lipinski definition) is 1. The minimum atomic E-state index is -0.693. The summed E-state index contributed by atoms with van der Waals surface area (Å²) >= 11 is 5.90. The standard InChI is InChI=1S/C23H26ClN3O3/c1-15(2)26(3)22(29)17-6-4-16(5-7-17)14-25-21(28)20-12-13-27(23(20)30)19-10-8-18(24)9-11-19/h4-11,15,20H,12-14H2,1-3H3,(H,25,28). The van der Waals surface area contributed by atoms with Gasteiger partial charge in [0.2, 0.25) is 11.8 Å². The predicted octanol–water partition coefficient (Wildman–Crippen LogP) is 3.49. The molecule has 158 valence electrons. The van der Waals surface area contributed by atoms with Crippen molar-refractivity contribution >= 4 is 35.0 Å². The summed E-state index contributed by atoms with van der Waals surface area (Å²) in [5, 5.41) is 3.44. The predicted molar refractivity (Wildman–Crippen MR) is 117 cm³/mol. The second-order valence-electron chi connectivity index (χ2n) is 7.73. The molecule has 1 N–H and O–H groups in total. The van der Waals surface area contributed by atoms with Crippen LogP contribution >= 0.6 is 11.6 Å². The van der Waals surface area contributed by atoms with Crippen LogP contribution in [0.3, 0.4) is 0 Å². The lowest BCUT2D eigenvalue weighted by atomic mass is 10.1. The quantitative estimate of drug-likeness (QED) is 0.717. The summed E-state index contributed by atoms with van der Waals surface area (Å²) in [5.74, 6) is -1.22. The summed E-state index contributed by atoms with van der Waals surface area (Å²) in [5.41, 5.74) is 2.21. The fraction of sp³-hybridized carbons (Fsp3) is 0.348. The van der Waals surface area contributed by atoms with Crippen molar-refractivity contribution in [2.75, 3.05) is 18.5 Å². The molecule has 1 saturated heterocycles. The van der Waals surface area contributed by atoms with Gasteiger partial charge in [0.05, 0.1) is 0 Å². The molecule has 1 unspecified atom stereocenters.